The molecule has 2 unspecified atom stereocenters. The van der Waals surface area contributed by atoms with Gasteiger partial charge in [0.2, 0.25) is 0 Å². The van der Waals surface area contributed by atoms with Crippen molar-refractivity contribution in [2.45, 2.75) is 51.0 Å². The topological polar surface area (TPSA) is 92.7 Å². The molecule has 0 aromatic heterocycles. The smallest absolute Gasteiger partial charge is 0.335 e. The average molecular weight is 703 g/mol. The maximum atomic E-state index is 14.1. The first-order valence-corrected chi connectivity index (χ1v) is 17.2. The Morgan fingerprint density at radius 2 is 1.25 bits per heavy atom. The first-order valence-electron chi connectivity index (χ1n) is 16.4. The molecule has 4 aromatic rings. The Hall–Kier alpha value is -4.75. The molecule has 6 nitrogen and oxygen atoms in total. The zero-order chi connectivity index (χ0) is 33.2. The van der Waals surface area contributed by atoms with E-state index in [-0.39, 0.29) is 35.6 Å². The third kappa shape index (κ3) is 6.78. The summed E-state index contributed by atoms with van der Waals surface area (Å²) in [6.45, 7) is 0.262. The molecule has 2 aliphatic carbocycles. The SMILES string of the molecule is O=C1CC(Cc2ccccc2)CC2=C1C(c1ccc(OCc3ccc(C(=O)O)cc3)c(Br)c1)C1=C(CC(Cc3ccccc3)CC1=O)N2. The Morgan fingerprint density at radius 3 is 1.75 bits per heavy atom. The number of carboxylic acids is 1. The van der Waals surface area contributed by atoms with Gasteiger partial charge in [0.05, 0.1) is 10.0 Å². The second-order valence-corrected chi connectivity index (χ2v) is 14.0. The van der Waals surface area contributed by atoms with Crippen LogP contribution in [0, 0.1) is 11.8 Å². The average Bonchev–Trinajstić information content (AvgIpc) is 3.08. The molecule has 0 saturated carbocycles. The molecular weight excluding hydrogens is 666 g/mol. The number of Topliss-reactive ketones (excluding diaryl/α,β-unsaturated/α-hetero) is 2. The number of dihydropyridines is 1. The van der Waals surface area contributed by atoms with Crippen LogP contribution < -0.4 is 10.1 Å². The standard InChI is InChI=1S/C41H36BrNO5/c42-32-23-31(15-16-37(32)48-24-27-11-13-30(14-12-27)41(46)47)38-39-33(19-28(21-35(39)44)17-25-7-3-1-4-8-25)43-34-20-29(22-36(45)40(34)38)18-26-9-5-2-6-10-26/h1-16,23,28-29,38,43H,17-22,24H2,(H,46,47). The molecule has 242 valence electrons. The summed E-state index contributed by atoms with van der Waals surface area (Å²) in [5, 5.41) is 12.9. The van der Waals surface area contributed by atoms with Crippen molar-refractivity contribution in [2.75, 3.05) is 0 Å². The van der Waals surface area contributed by atoms with Gasteiger partial charge in [0, 0.05) is 41.3 Å². The summed E-state index contributed by atoms with van der Waals surface area (Å²) in [6.07, 6.45) is 4.06. The number of rotatable bonds is 9. The predicted octanol–water partition coefficient (Wildman–Crippen LogP) is 8.36. The second-order valence-electron chi connectivity index (χ2n) is 13.1. The van der Waals surface area contributed by atoms with Gasteiger partial charge in [-0.05, 0) is 100.0 Å². The number of benzene rings is 4. The fourth-order valence-electron chi connectivity index (χ4n) is 7.49. The van der Waals surface area contributed by atoms with Crippen LogP contribution in [0.2, 0.25) is 0 Å². The van der Waals surface area contributed by atoms with E-state index in [1.54, 1.807) is 24.3 Å². The summed E-state index contributed by atoms with van der Waals surface area (Å²) in [6, 6.07) is 33.1. The molecule has 2 N–H and O–H groups in total. The summed E-state index contributed by atoms with van der Waals surface area (Å²) in [4.78, 5) is 39.3. The molecule has 1 aliphatic heterocycles. The van der Waals surface area contributed by atoms with E-state index in [1.165, 1.54) is 11.1 Å². The number of allylic oxidation sites excluding steroid dienone is 4. The molecule has 0 radical (unpaired) electrons. The number of carbonyl (C=O) groups excluding carboxylic acids is 2. The van der Waals surface area contributed by atoms with Gasteiger partial charge in [0.25, 0.3) is 0 Å². The first-order chi connectivity index (χ1) is 23.3. The minimum Gasteiger partial charge on any atom is -0.488 e. The number of halogens is 1. The van der Waals surface area contributed by atoms with Crippen LogP contribution in [-0.2, 0) is 29.0 Å². The quantitative estimate of drug-likeness (QED) is 0.182. The van der Waals surface area contributed by atoms with Gasteiger partial charge in [0.15, 0.2) is 11.6 Å². The van der Waals surface area contributed by atoms with Crippen molar-refractivity contribution in [2.24, 2.45) is 11.8 Å². The minimum absolute atomic E-state index is 0.0988. The monoisotopic (exact) mass is 701 g/mol. The number of ether oxygens (including phenoxy) is 1. The highest BCUT2D eigenvalue weighted by Crippen LogP contribution is 2.48. The van der Waals surface area contributed by atoms with E-state index in [2.05, 4.69) is 45.5 Å². The predicted molar refractivity (Wildman–Crippen MR) is 188 cm³/mol. The van der Waals surface area contributed by atoms with Gasteiger partial charge in [-0.25, -0.2) is 4.79 Å². The van der Waals surface area contributed by atoms with Crippen LogP contribution in [0.5, 0.6) is 5.75 Å². The Kier molecular flexibility index (Phi) is 9.13. The van der Waals surface area contributed by atoms with Crippen LogP contribution >= 0.6 is 15.9 Å². The molecule has 1 heterocycles. The zero-order valence-electron chi connectivity index (χ0n) is 26.5. The molecule has 0 amide bonds. The van der Waals surface area contributed by atoms with Crippen LogP contribution in [0.25, 0.3) is 0 Å². The lowest BCUT2D eigenvalue weighted by atomic mass is 9.68. The Bertz CT molecular complexity index is 1850. The highest BCUT2D eigenvalue weighted by Gasteiger charge is 2.43. The maximum absolute atomic E-state index is 14.1. The molecule has 3 aliphatic rings. The number of hydrogen-bond donors (Lipinski definition) is 2. The van der Waals surface area contributed by atoms with E-state index in [0.717, 1.165) is 52.7 Å². The van der Waals surface area contributed by atoms with Crippen LogP contribution in [0.4, 0.5) is 0 Å². The number of hydrogen-bond acceptors (Lipinski definition) is 5. The maximum Gasteiger partial charge on any atom is 0.335 e. The largest absolute Gasteiger partial charge is 0.488 e. The third-order valence-corrected chi connectivity index (χ3v) is 10.3. The van der Waals surface area contributed by atoms with E-state index in [0.29, 0.717) is 29.7 Å². The number of nitrogens with one attached hydrogen (secondary N) is 1. The zero-order valence-corrected chi connectivity index (χ0v) is 28.0. The second kappa shape index (κ2) is 13.8. The molecule has 7 rings (SSSR count). The van der Waals surface area contributed by atoms with Crippen molar-refractivity contribution in [1.29, 1.82) is 0 Å². The lowest BCUT2D eigenvalue weighted by Gasteiger charge is -2.40. The molecule has 0 fully saturated rings. The van der Waals surface area contributed by atoms with Gasteiger partial charge in [-0.2, -0.15) is 0 Å². The highest BCUT2D eigenvalue weighted by molar-refractivity contribution is 9.10. The number of carboxylic acid groups (broad SMARTS) is 1. The van der Waals surface area contributed by atoms with E-state index >= 15 is 0 Å². The highest BCUT2D eigenvalue weighted by atomic mass is 79.9. The van der Waals surface area contributed by atoms with Crippen molar-refractivity contribution < 1.29 is 24.2 Å². The van der Waals surface area contributed by atoms with Gasteiger partial charge in [0.1, 0.15) is 12.4 Å². The Labute approximate surface area is 288 Å². The molecule has 7 heteroatoms. The lowest BCUT2D eigenvalue weighted by Crippen LogP contribution is -2.40. The third-order valence-electron chi connectivity index (χ3n) is 9.68. The van der Waals surface area contributed by atoms with Crippen molar-refractivity contribution >= 4 is 33.5 Å². The number of carbonyl (C=O) groups is 3. The summed E-state index contributed by atoms with van der Waals surface area (Å²) in [7, 11) is 0. The van der Waals surface area contributed by atoms with Gasteiger partial charge >= 0.3 is 5.97 Å². The van der Waals surface area contributed by atoms with Gasteiger partial charge in [-0.1, -0.05) is 78.9 Å². The first kappa shape index (κ1) is 31.8. The molecule has 48 heavy (non-hydrogen) atoms. The van der Waals surface area contributed by atoms with E-state index < -0.39 is 11.9 Å². The van der Waals surface area contributed by atoms with Crippen molar-refractivity contribution in [1.82, 2.24) is 5.32 Å². The molecular formula is C41H36BrNO5. The molecule has 4 aromatic carbocycles. The Morgan fingerprint density at radius 1 is 0.708 bits per heavy atom. The Balaban J connectivity index is 1.19. The van der Waals surface area contributed by atoms with Gasteiger partial charge in [-0.3, -0.25) is 9.59 Å². The molecule has 0 bridgehead atoms. The summed E-state index contributed by atoms with van der Waals surface area (Å²) >= 11 is 3.70. The van der Waals surface area contributed by atoms with Crippen molar-refractivity contribution in [3.63, 3.8) is 0 Å². The summed E-state index contributed by atoms with van der Waals surface area (Å²) < 4.78 is 6.82. The lowest BCUT2D eigenvalue weighted by molar-refractivity contribution is -0.118. The summed E-state index contributed by atoms with van der Waals surface area (Å²) in [5.74, 6) is -0.236. The number of ketones is 2. The molecule has 0 spiro atoms. The van der Waals surface area contributed by atoms with Crippen LogP contribution in [0.3, 0.4) is 0 Å². The van der Waals surface area contributed by atoms with Crippen LogP contribution in [-0.4, -0.2) is 22.6 Å². The molecule has 0 saturated heterocycles. The molecule has 2 atom stereocenters. The van der Waals surface area contributed by atoms with E-state index in [9.17, 15) is 19.5 Å². The van der Waals surface area contributed by atoms with Crippen molar-refractivity contribution in [3.8, 4) is 5.75 Å². The van der Waals surface area contributed by atoms with Crippen LogP contribution in [0.1, 0.15) is 64.2 Å². The van der Waals surface area contributed by atoms with Crippen molar-refractivity contribution in [3.05, 3.63) is 158 Å². The fourth-order valence-corrected chi connectivity index (χ4v) is 8.00. The van der Waals surface area contributed by atoms with Gasteiger partial charge < -0.3 is 15.2 Å². The fraction of sp³-hybridized carbons (Fsp3) is 0.244. The minimum atomic E-state index is -0.971. The van der Waals surface area contributed by atoms with Crippen LogP contribution in [0.15, 0.2) is 130 Å². The van der Waals surface area contributed by atoms with Gasteiger partial charge in [-0.15, -0.1) is 0 Å². The van der Waals surface area contributed by atoms with E-state index in [1.807, 2.05) is 54.6 Å². The summed E-state index contributed by atoms with van der Waals surface area (Å²) in [5.41, 5.74) is 7.72. The van der Waals surface area contributed by atoms with E-state index in [4.69, 9.17) is 4.74 Å². The normalized spacial score (nSPS) is 20.6. The number of aromatic carboxylic acids is 1.